The molecule has 0 saturated heterocycles. The molecule has 0 aromatic carbocycles. The second kappa shape index (κ2) is 9.74. The van der Waals surface area contributed by atoms with Crippen LogP contribution in [-0.2, 0) is 0 Å². The molecule has 0 spiro atoms. The first-order valence-corrected chi connectivity index (χ1v) is 7.55. The van der Waals surface area contributed by atoms with Crippen LogP contribution in [0.1, 0.15) is 62.7 Å². The monoisotopic (exact) mass is 260 g/mol. The van der Waals surface area contributed by atoms with Crippen molar-refractivity contribution in [3.63, 3.8) is 0 Å². The molecule has 1 unspecified atom stereocenters. The zero-order valence-electron chi connectivity index (χ0n) is 12.5. The van der Waals surface area contributed by atoms with Crippen LogP contribution in [0.5, 0.6) is 0 Å². The molecule has 0 amide bonds. The van der Waals surface area contributed by atoms with E-state index in [1.165, 1.54) is 43.4 Å². The van der Waals surface area contributed by atoms with Crippen LogP contribution in [0.25, 0.3) is 0 Å². The van der Waals surface area contributed by atoms with Crippen molar-refractivity contribution in [1.29, 1.82) is 0 Å². The molecule has 0 aliphatic carbocycles. The molecule has 1 N–H and O–H groups in total. The number of hydrogen-bond donors (Lipinski definition) is 1. The van der Waals surface area contributed by atoms with E-state index in [4.69, 9.17) is 0 Å². The second-order valence-electron chi connectivity index (χ2n) is 5.14. The Hall–Kier alpha value is -1.15. The number of aryl methyl sites for hydroxylation is 1. The maximum Gasteiger partial charge on any atom is 0.0602 e. The lowest BCUT2D eigenvalue weighted by atomic mass is 10.0. The lowest BCUT2D eigenvalue weighted by molar-refractivity contribution is 0.461. The van der Waals surface area contributed by atoms with Gasteiger partial charge in [-0.1, -0.05) is 31.9 Å². The third-order valence-corrected chi connectivity index (χ3v) is 3.42. The number of rotatable bonds is 10. The van der Waals surface area contributed by atoms with E-state index in [0.717, 1.165) is 13.0 Å². The molecular formula is C17H28N2. The van der Waals surface area contributed by atoms with Crippen LogP contribution < -0.4 is 5.32 Å². The summed E-state index contributed by atoms with van der Waals surface area (Å²) in [5, 5.41) is 3.63. The summed E-state index contributed by atoms with van der Waals surface area (Å²) in [6.45, 7) is 9.19. The van der Waals surface area contributed by atoms with Crippen LogP contribution in [0, 0.1) is 6.92 Å². The van der Waals surface area contributed by atoms with Crippen molar-refractivity contribution in [3.05, 3.63) is 42.2 Å². The molecule has 19 heavy (non-hydrogen) atoms. The Morgan fingerprint density at radius 3 is 2.89 bits per heavy atom. The predicted octanol–water partition coefficient (Wildman–Crippen LogP) is 4.57. The number of allylic oxidation sites excluding steroid dienone is 1. The predicted molar refractivity (Wildman–Crippen MR) is 83.3 cm³/mol. The van der Waals surface area contributed by atoms with Crippen molar-refractivity contribution in [2.75, 3.05) is 6.54 Å². The number of nitrogens with one attached hydrogen (secondary N) is 1. The molecular weight excluding hydrogens is 232 g/mol. The van der Waals surface area contributed by atoms with E-state index in [-0.39, 0.29) is 0 Å². The quantitative estimate of drug-likeness (QED) is 0.492. The van der Waals surface area contributed by atoms with Crippen LogP contribution in [0.15, 0.2) is 31.0 Å². The van der Waals surface area contributed by atoms with Gasteiger partial charge in [0.1, 0.15) is 0 Å². The van der Waals surface area contributed by atoms with Crippen LogP contribution in [0.2, 0.25) is 0 Å². The number of hydrogen-bond acceptors (Lipinski definition) is 2. The van der Waals surface area contributed by atoms with E-state index >= 15 is 0 Å². The van der Waals surface area contributed by atoms with Gasteiger partial charge in [-0.25, -0.2) is 0 Å². The van der Waals surface area contributed by atoms with Gasteiger partial charge in [-0.2, -0.15) is 0 Å². The molecule has 0 fully saturated rings. The summed E-state index contributed by atoms with van der Waals surface area (Å²) in [7, 11) is 0. The minimum atomic E-state index is 0.407. The second-order valence-corrected chi connectivity index (χ2v) is 5.14. The van der Waals surface area contributed by atoms with Gasteiger partial charge in [-0.3, -0.25) is 4.98 Å². The highest BCUT2D eigenvalue weighted by Crippen LogP contribution is 2.21. The van der Waals surface area contributed by atoms with Gasteiger partial charge in [0.05, 0.1) is 5.69 Å². The minimum Gasteiger partial charge on any atom is -0.309 e. The van der Waals surface area contributed by atoms with Crippen LogP contribution in [0.4, 0.5) is 0 Å². The average Bonchev–Trinajstić information content (AvgIpc) is 2.43. The highest BCUT2D eigenvalue weighted by molar-refractivity contribution is 5.21. The van der Waals surface area contributed by atoms with E-state index in [2.05, 4.69) is 36.8 Å². The molecule has 1 aromatic heterocycles. The molecule has 0 radical (unpaired) electrons. The number of aromatic nitrogens is 1. The molecule has 1 rings (SSSR count). The summed E-state index contributed by atoms with van der Waals surface area (Å²) in [6.07, 6.45) is 11.2. The fraction of sp³-hybridized carbons (Fsp3) is 0.588. The smallest absolute Gasteiger partial charge is 0.0602 e. The SMILES string of the molecule is C=CCCCCCC(NCCC)c1ncccc1C. The zero-order chi connectivity index (χ0) is 13.9. The van der Waals surface area contributed by atoms with Crippen LogP contribution in [-0.4, -0.2) is 11.5 Å². The zero-order valence-corrected chi connectivity index (χ0v) is 12.5. The summed E-state index contributed by atoms with van der Waals surface area (Å²) < 4.78 is 0. The van der Waals surface area contributed by atoms with Crippen molar-refractivity contribution in [2.45, 2.75) is 58.4 Å². The maximum absolute atomic E-state index is 4.57. The standard InChI is InChI=1S/C17H28N2/c1-4-6-7-8-9-12-16(18-13-5-2)17-15(3)11-10-14-19-17/h4,10-11,14,16,18H,1,5-9,12-13H2,2-3H3. The summed E-state index contributed by atoms with van der Waals surface area (Å²) in [5.41, 5.74) is 2.52. The highest BCUT2D eigenvalue weighted by atomic mass is 14.9. The Morgan fingerprint density at radius 2 is 2.21 bits per heavy atom. The molecule has 0 saturated carbocycles. The Morgan fingerprint density at radius 1 is 1.37 bits per heavy atom. The Balaban J connectivity index is 2.52. The fourth-order valence-corrected chi connectivity index (χ4v) is 2.33. The van der Waals surface area contributed by atoms with E-state index in [1.807, 2.05) is 18.3 Å². The van der Waals surface area contributed by atoms with Crippen LogP contribution >= 0.6 is 0 Å². The first-order valence-electron chi connectivity index (χ1n) is 7.55. The summed E-state index contributed by atoms with van der Waals surface area (Å²) >= 11 is 0. The summed E-state index contributed by atoms with van der Waals surface area (Å²) in [5.74, 6) is 0. The van der Waals surface area contributed by atoms with Gasteiger partial charge in [0.25, 0.3) is 0 Å². The molecule has 0 bridgehead atoms. The van der Waals surface area contributed by atoms with Crippen molar-refractivity contribution in [2.24, 2.45) is 0 Å². The van der Waals surface area contributed by atoms with Crippen LogP contribution in [0.3, 0.4) is 0 Å². The highest BCUT2D eigenvalue weighted by Gasteiger charge is 2.13. The largest absolute Gasteiger partial charge is 0.309 e. The maximum atomic E-state index is 4.57. The van der Waals surface area contributed by atoms with Crippen molar-refractivity contribution in [3.8, 4) is 0 Å². The lowest BCUT2D eigenvalue weighted by Gasteiger charge is -2.19. The topological polar surface area (TPSA) is 24.9 Å². The molecule has 1 atom stereocenters. The van der Waals surface area contributed by atoms with Gasteiger partial charge in [-0.15, -0.1) is 6.58 Å². The van der Waals surface area contributed by atoms with Gasteiger partial charge < -0.3 is 5.32 Å². The molecule has 1 heterocycles. The van der Waals surface area contributed by atoms with Gasteiger partial charge in [0, 0.05) is 12.2 Å². The van der Waals surface area contributed by atoms with E-state index in [0.29, 0.717) is 6.04 Å². The summed E-state index contributed by atoms with van der Waals surface area (Å²) in [6, 6.07) is 4.57. The average molecular weight is 260 g/mol. The van der Waals surface area contributed by atoms with Crippen molar-refractivity contribution >= 4 is 0 Å². The third-order valence-electron chi connectivity index (χ3n) is 3.42. The first-order chi connectivity index (χ1) is 9.29. The van der Waals surface area contributed by atoms with Gasteiger partial charge >= 0.3 is 0 Å². The van der Waals surface area contributed by atoms with Crippen molar-refractivity contribution < 1.29 is 0 Å². The van der Waals surface area contributed by atoms with Gasteiger partial charge in [0.2, 0.25) is 0 Å². The molecule has 0 aliphatic heterocycles. The lowest BCUT2D eigenvalue weighted by Crippen LogP contribution is -2.23. The van der Waals surface area contributed by atoms with E-state index in [1.54, 1.807) is 0 Å². The van der Waals surface area contributed by atoms with Gasteiger partial charge in [-0.05, 0) is 50.8 Å². The Bertz CT molecular complexity index is 360. The minimum absolute atomic E-state index is 0.407. The van der Waals surface area contributed by atoms with E-state index < -0.39 is 0 Å². The molecule has 1 aromatic rings. The number of nitrogens with zero attached hydrogens (tertiary/aromatic N) is 1. The fourth-order valence-electron chi connectivity index (χ4n) is 2.33. The first kappa shape index (κ1) is 15.9. The molecule has 2 nitrogen and oxygen atoms in total. The molecule has 106 valence electrons. The van der Waals surface area contributed by atoms with Gasteiger partial charge in [0.15, 0.2) is 0 Å². The molecule has 0 aliphatic rings. The number of pyridine rings is 1. The third kappa shape index (κ3) is 6.02. The summed E-state index contributed by atoms with van der Waals surface area (Å²) in [4.78, 5) is 4.57. The normalized spacial score (nSPS) is 12.3. The number of unbranched alkanes of at least 4 members (excludes halogenated alkanes) is 3. The Labute approximate surface area is 118 Å². The van der Waals surface area contributed by atoms with Crippen molar-refractivity contribution in [1.82, 2.24) is 10.3 Å². The molecule has 2 heteroatoms. The Kier molecular flexibility index (Phi) is 8.15. The van der Waals surface area contributed by atoms with E-state index in [9.17, 15) is 0 Å².